The molecule has 2 aromatic heterocycles. The summed E-state index contributed by atoms with van der Waals surface area (Å²) in [7, 11) is 1.54. The van der Waals surface area contributed by atoms with E-state index in [1.165, 1.54) is 0 Å². The van der Waals surface area contributed by atoms with Gasteiger partial charge in [0.1, 0.15) is 0 Å². The Bertz CT molecular complexity index is 926. The van der Waals surface area contributed by atoms with Gasteiger partial charge in [-0.05, 0) is 18.1 Å². The van der Waals surface area contributed by atoms with Gasteiger partial charge in [0.2, 0.25) is 5.88 Å². The van der Waals surface area contributed by atoms with Crippen LogP contribution in [0.4, 0.5) is 5.69 Å². The van der Waals surface area contributed by atoms with E-state index in [0.29, 0.717) is 18.1 Å². The number of nitrogens with zero attached hydrogens (tertiary/aromatic N) is 3. The lowest BCUT2D eigenvalue weighted by atomic mass is 9.99. The lowest BCUT2D eigenvalue weighted by molar-refractivity contribution is 0.0950. The van der Waals surface area contributed by atoms with Crippen LogP contribution in [0.1, 0.15) is 23.8 Å². The smallest absolute Gasteiger partial charge is 0.272 e. The molecule has 3 N–H and O–H groups in total. The second-order valence-electron chi connectivity index (χ2n) is 5.50. The van der Waals surface area contributed by atoms with Crippen molar-refractivity contribution in [3.05, 3.63) is 42.4 Å². The van der Waals surface area contributed by atoms with Crippen LogP contribution < -0.4 is 15.8 Å². The third kappa shape index (κ3) is 3.08. The number of nitrogens with two attached hydrogens (primary N) is 1. The summed E-state index contributed by atoms with van der Waals surface area (Å²) >= 11 is 0. The molecular weight excluding hydrogens is 318 g/mol. The Balaban J connectivity index is 2.15. The molecule has 0 radical (unpaired) electrons. The molecule has 0 spiro atoms. The van der Waals surface area contributed by atoms with E-state index in [4.69, 9.17) is 10.5 Å². The largest absolute Gasteiger partial charge is 0.479 e. The standard InChI is InChI=1S/C18H19N5O2/c1-3-8-20-17(24)16-15(19)12-6-4-5-11(14(12)10-21-16)13-7-9-22-23-18(13)25-2/h4-7,9-10H,3,8,19H2,1-2H3,(H,20,24). The van der Waals surface area contributed by atoms with E-state index in [1.807, 2.05) is 31.2 Å². The topological polar surface area (TPSA) is 103 Å². The first-order chi connectivity index (χ1) is 12.2. The summed E-state index contributed by atoms with van der Waals surface area (Å²) < 4.78 is 5.30. The Morgan fingerprint density at radius 3 is 2.84 bits per heavy atom. The summed E-state index contributed by atoms with van der Waals surface area (Å²) in [6.45, 7) is 2.57. The molecule has 2 heterocycles. The van der Waals surface area contributed by atoms with Crippen molar-refractivity contribution in [3.8, 4) is 17.0 Å². The molecule has 128 valence electrons. The van der Waals surface area contributed by atoms with E-state index in [1.54, 1.807) is 19.5 Å². The molecule has 0 bridgehead atoms. The molecule has 1 aromatic carbocycles. The Labute approximate surface area is 145 Å². The molecule has 3 aromatic rings. The molecule has 0 aliphatic rings. The van der Waals surface area contributed by atoms with Crippen LogP contribution in [-0.2, 0) is 0 Å². The Morgan fingerprint density at radius 1 is 1.24 bits per heavy atom. The highest BCUT2D eigenvalue weighted by molar-refractivity contribution is 6.09. The molecule has 0 atom stereocenters. The molecule has 25 heavy (non-hydrogen) atoms. The number of nitrogen functional groups attached to an aromatic ring is 1. The fourth-order valence-corrected chi connectivity index (χ4v) is 2.68. The third-order valence-corrected chi connectivity index (χ3v) is 3.90. The van der Waals surface area contributed by atoms with E-state index < -0.39 is 0 Å². The summed E-state index contributed by atoms with van der Waals surface area (Å²) in [5, 5.41) is 12.2. The third-order valence-electron chi connectivity index (χ3n) is 3.90. The summed E-state index contributed by atoms with van der Waals surface area (Å²) in [5.41, 5.74) is 8.47. The number of hydrogen-bond donors (Lipinski definition) is 2. The van der Waals surface area contributed by atoms with Gasteiger partial charge in [0.15, 0.2) is 5.69 Å². The van der Waals surface area contributed by atoms with Gasteiger partial charge in [0.05, 0.1) is 19.0 Å². The highest BCUT2D eigenvalue weighted by Gasteiger charge is 2.17. The van der Waals surface area contributed by atoms with Gasteiger partial charge in [0, 0.05) is 29.1 Å². The molecule has 0 fully saturated rings. The Hall–Kier alpha value is -3.22. The van der Waals surface area contributed by atoms with E-state index in [0.717, 1.165) is 28.3 Å². The van der Waals surface area contributed by atoms with E-state index in [-0.39, 0.29) is 11.6 Å². The summed E-state index contributed by atoms with van der Waals surface area (Å²) in [4.78, 5) is 16.5. The fourth-order valence-electron chi connectivity index (χ4n) is 2.68. The summed E-state index contributed by atoms with van der Waals surface area (Å²) in [6, 6.07) is 7.49. The summed E-state index contributed by atoms with van der Waals surface area (Å²) in [6.07, 6.45) is 4.10. The minimum Gasteiger partial charge on any atom is -0.479 e. The van der Waals surface area contributed by atoms with Crippen LogP contribution in [0.2, 0.25) is 0 Å². The first kappa shape index (κ1) is 16.6. The van der Waals surface area contributed by atoms with Gasteiger partial charge in [-0.15, -0.1) is 5.10 Å². The molecule has 0 saturated heterocycles. The predicted molar refractivity (Wildman–Crippen MR) is 96.4 cm³/mol. The van der Waals surface area contributed by atoms with Crippen LogP contribution in [0.5, 0.6) is 5.88 Å². The van der Waals surface area contributed by atoms with Gasteiger partial charge >= 0.3 is 0 Å². The quantitative estimate of drug-likeness (QED) is 0.741. The van der Waals surface area contributed by atoms with Gasteiger partial charge in [0.25, 0.3) is 5.91 Å². The minimum absolute atomic E-state index is 0.234. The molecule has 0 aliphatic carbocycles. The molecule has 7 heteroatoms. The number of hydrogen-bond acceptors (Lipinski definition) is 6. The average Bonchev–Trinajstić information content (AvgIpc) is 2.66. The second kappa shape index (κ2) is 7.12. The molecule has 7 nitrogen and oxygen atoms in total. The number of rotatable bonds is 5. The maximum Gasteiger partial charge on any atom is 0.272 e. The molecule has 3 rings (SSSR count). The number of aromatic nitrogens is 3. The van der Waals surface area contributed by atoms with E-state index in [9.17, 15) is 4.79 Å². The van der Waals surface area contributed by atoms with Crippen LogP contribution in [-0.4, -0.2) is 34.7 Å². The van der Waals surface area contributed by atoms with E-state index >= 15 is 0 Å². The number of ether oxygens (including phenoxy) is 1. The maximum atomic E-state index is 12.2. The predicted octanol–water partition coefficient (Wildman–Crippen LogP) is 2.42. The van der Waals surface area contributed by atoms with Crippen molar-refractivity contribution in [1.82, 2.24) is 20.5 Å². The molecular formula is C18H19N5O2. The van der Waals surface area contributed by atoms with Crippen molar-refractivity contribution in [2.75, 3.05) is 19.4 Å². The maximum absolute atomic E-state index is 12.2. The van der Waals surface area contributed by atoms with E-state index in [2.05, 4.69) is 20.5 Å². The van der Waals surface area contributed by atoms with Crippen LogP contribution in [0.25, 0.3) is 21.9 Å². The van der Waals surface area contributed by atoms with Crippen molar-refractivity contribution >= 4 is 22.4 Å². The number of carbonyl (C=O) groups excluding carboxylic acids is 1. The average molecular weight is 337 g/mol. The van der Waals surface area contributed by atoms with Crippen LogP contribution in [0, 0.1) is 0 Å². The number of carbonyl (C=O) groups is 1. The lowest BCUT2D eigenvalue weighted by Gasteiger charge is -2.12. The van der Waals surface area contributed by atoms with Crippen LogP contribution in [0.15, 0.2) is 36.7 Å². The number of fused-ring (bicyclic) bond motifs is 1. The van der Waals surface area contributed by atoms with Crippen molar-refractivity contribution < 1.29 is 9.53 Å². The Kier molecular flexibility index (Phi) is 4.74. The lowest BCUT2D eigenvalue weighted by Crippen LogP contribution is -2.26. The fraction of sp³-hybridized carbons (Fsp3) is 0.222. The first-order valence-electron chi connectivity index (χ1n) is 7.98. The van der Waals surface area contributed by atoms with Crippen molar-refractivity contribution in [3.63, 3.8) is 0 Å². The van der Waals surface area contributed by atoms with Gasteiger partial charge in [-0.25, -0.2) is 4.98 Å². The number of pyridine rings is 1. The summed E-state index contributed by atoms with van der Waals surface area (Å²) in [5.74, 6) is 0.146. The van der Waals surface area contributed by atoms with Gasteiger partial charge in [-0.2, -0.15) is 5.10 Å². The van der Waals surface area contributed by atoms with Crippen LogP contribution >= 0.6 is 0 Å². The Morgan fingerprint density at radius 2 is 2.08 bits per heavy atom. The second-order valence-corrected chi connectivity index (χ2v) is 5.50. The number of benzene rings is 1. The zero-order chi connectivity index (χ0) is 17.8. The molecule has 1 amide bonds. The molecule has 0 unspecified atom stereocenters. The first-order valence-corrected chi connectivity index (χ1v) is 7.98. The van der Waals surface area contributed by atoms with Crippen LogP contribution in [0.3, 0.4) is 0 Å². The highest BCUT2D eigenvalue weighted by Crippen LogP contribution is 2.35. The van der Waals surface area contributed by atoms with Crippen molar-refractivity contribution in [2.45, 2.75) is 13.3 Å². The number of anilines is 1. The van der Waals surface area contributed by atoms with Crippen molar-refractivity contribution in [2.24, 2.45) is 0 Å². The van der Waals surface area contributed by atoms with Gasteiger partial charge in [-0.3, -0.25) is 4.79 Å². The van der Waals surface area contributed by atoms with Gasteiger partial charge < -0.3 is 15.8 Å². The highest BCUT2D eigenvalue weighted by atomic mass is 16.5. The molecule has 0 aliphatic heterocycles. The minimum atomic E-state index is -0.269. The van der Waals surface area contributed by atoms with Gasteiger partial charge in [-0.1, -0.05) is 25.1 Å². The zero-order valence-electron chi connectivity index (χ0n) is 14.1. The molecule has 0 saturated carbocycles. The zero-order valence-corrected chi connectivity index (χ0v) is 14.1. The number of amides is 1. The number of methoxy groups -OCH3 is 1. The van der Waals surface area contributed by atoms with Crippen molar-refractivity contribution in [1.29, 1.82) is 0 Å². The normalized spacial score (nSPS) is 10.6. The number of nitrogens with one attached hydrogen (secondary N) is 1. The SMILES string of the molecule is CCCNC(=O)c1ncc2c(-c3ccnnc3OC)cccc2c1N. The monoisotopic (exact) mass is 337 g/mol.